The lowest BCUT2D eigenvalue weighted by Crippen LogP contribution is -2.48. The van der Waals surface area contributed by atoms with Gasteiger partial charge in [0.15, 0.2) is 0 Å². The smallest absolute Gasteiger partial charge is 0.229 e. The fourth-order valence-corrected chi connectivity index (χ4v) is 5.12. The maximum absolute atomic E-state index is 13.6. The molecular formula is C23H25FN2O. The van der Waals surface area contributed by atoms with Crippen LogP contribution in [0, 0.1) is 17.2 Å². The quantitative estimate of drug-likeness (QED) is 0.898. The highest BCUT2D eigenvalue weighted by Gasteiger charge is 2.67. The van der Waals surface area contributed by atoms with Gasteiger partial charge in [-0.3, -0.25) is 4.79 Å². The third-order valence-electron chi connectivity index (χ3n) is 6.99. The predicted molar refractivity (Wildman–Crippen MR) is 103 cm³/mol. The Morgan fingerprint density at radius 2 is 1.93 bits per heavy atom. The second-order valence-corrected chi connectivity index (χ2v) is 8.53. The van der Waals surface area contributed by atoms with Crippen molar-refractivity contribution in [1.82, 2.24) is 4.90 Å². The van der Waals surface area contributed by atoms with E-state index >= 15 is 0 Å². The molecule has 0 spiro atoms. The van der Waals surface area contributed by atoms with Crippen LogP contribution in [-0.2, 0) is 11.2 Å². The summed E-state index contributed by atoms with van der Waals surface area (Å²) in [7, 11) is 0. The molecule has 3 fully saturated rings. The van der Waals surface area contributed by atoms with Gasteiger partial charge in [0.1, 0.15) is 5.82 Å². The largest absolute Gasteiger partial charge is 0.337 e. The molecule has 2 aromatic rings. The molecule has 0 bridgehead atoms. The van der Waals surface area contributed by atoms with E-state index in [4.69, 9.17) is 5.73 Å². The average Bonchev–Trinajstić information content (AvgIpc) is 3.01. The third kappa shape index (κ3) is 2.78. The van der Waals surface area contributed by atoms with Gasteiger partial charge in [-0.1, -0.05) is 36.4 Å². The highest BCUT2D eigenvalue weighted by molar-refractivity contribution is 5.88. The van der Waals surface area contributed by atoms with E-state index in [1.807, 2.05) is 18.2 Å². The van der Waals surface area contributed by atoms with E-state index in [1.54, 1.807) is 12.1 Å². The van der Waals surface area contributed by atoms with Crippen molar-refractivity contribution < 1.29 is 9.18 Å². The van der Waals surface area contributed by atoms with Crippen LogP contribution < -0.4 is 5.73 Å². The van der Waals surface area contributed by atoms with E-state index in [1.165, 1.54) is 12.5 Å². The van der Waals surface area contributed by atoms with Crippen LogP contribution in [0.5, 0.6) is 0 Å². The lowest BCUT2D eigenvalue weighted by molar-refractivity contribution is -0.141. The highest BCUT2D eigenvalue weighted by atomic mass is 19.1. The molecule has 1 saturated heterocycles. The van der Waals surface area contributed by atoms with E-state index < -0.39 is 0 Å². The molecule has 2 aromatic carbocycles. The molecule has 2 saturated carbocycles. The van der Waals surface area contributed by atoms with E-state index in [9.17, 15) is 9.18 Å². The van der Waals surface area contributed by atoms with E-state index in [0.29, 0.717) is 11.8 Å². The van der Waals surface area contributed by atoms with Crippen LogP contribution in [0.25, 0.3) is 11.1 Å². The number of fused-ring (bicyclic) bond motifs is 1. The summed E-state index contributed by atoms with van der Waals surface area (Å²) in [5, 5.41) is 0. The Labute approximate surface area is 159 Å². The third-order valence-corrected chi connectivity index (χ3v) is 6.99. The van der Waals surface area contributed by atoms with Gasteiger partial charge in [-0.25, -0.2) is 4.39 Å². The summed E-state index contributed by atoms with van der Waals surface area (Å²) in [6.07, 6.45) is 4.99. The summed E-state index contributed by atoms with van der Waals surface area (Å²) in [5.41, 5.74) is 9.39. The zero-order valence-corrected chi connectivity index (χ0v) is 15.4. The number of amides is 1. The van der Waals surface area contributed by atoms with Crippen LogP contribution in [0.2, 0.25) is 0 Å². The fourth-order valence-electron chi connectivity index (χ4n) is 5.12. The monoisotopic (exact) mass is 364 g/mol. The standard InChI is InChI=1S/C23H25FN2O/c24-19-6-2-5-17(13-19)16-4-1-3-15(11-16)12-21-20(25)8-10-26(21)22(27)23-9-7-18(23)14-23/h1-6,11,13,18,20-21H,7-10,12,14,25H2. The van der Waals surface area contributed by atoms with Gasteiger partial charge in [0.2, 0.25) is 5.91 Å². The Balaban J connectivity index is 1.37. The SMILES string of the molecule is NC1CCN(C(=O)C23CCC2C3)C1Cc1cccc(-c2cccc(F)c2)c1. The Bertz CT molecular complexity index is 893. The van der Waals surface area contributed by atoms with Gasteiger partial charge >= 0.3 is 0 Å². The van der Waals surface area contributed by atoms with Crippen LogP contribution in [-0.4, -0.2) is 29.4 Å². The molecule has 3 nitrogen and oxygen atoms in total. The molecule has 1 amide bonds. The topological polar surface area (TPSA) is 46.3 Å². The van der Waals surface area contributed by atoms with Crippen LogP contribution in [0.1, 0.15) is 31.2 Å². The first kappa shape index (κ1) is 16.9. The Kier molecular flexibility index (Phi) is 3.87. The van der Waals surface area contributed by atoms with Gasteiger partial charge in [-0.15, -0.1) is 0 Å². The van der Waals surface area contributed by atoms with Crippen molar-refractivity contribution in [2.24, 2.45) is 17.1 Å². The maximum Gasteiger partial charge on any atom is 0.229 e. The van der Waals surface area contributed by atoms with Crippen molar-refractivity contribution in [3.8, 4) is 11.1 Å². The molecule has 4 atom stereocenters. The zero-order valence-electron chi connectivity index (χ0n) is 15.4. The molecule has 0 aromatic heterocycles. The second-order valence-electron chi connectivity index (χ2n) is 8.53. The van der Waals surface area contributed by atoms with E-state index in [-0.39, 0.29) is 23.3 Å². The normalized spacial score (nSPS) is 31.3. The molecule has 1 heterocycles. The van der Waals surface area contributed by atoms with Crippen LogP contribution in [0.4, 0.5) is 4.39 Å². The number of likely N-dealkylation sites (tertiary alicyclic amines) is 1. The molecule has 2 N–H and O–H groups in total. The number of hydrogen-bond donors (Lipinski definition) is 1. The van der Waals surface area contributed by atoms with Crippen molar-refractivity contribution in [2.45, 2.75) is 44.2 Å². The Morgan fingerprint density at radius 1 is 1.15 bits per heavy atom. The molecule has 5 rings (SSSR count). The van der Waals surface area contributed by atoms with Gasteiger partial charge in [-0.2, -0.15) is 0 Å². The molecule has 4 heteroatoms. The van der Waals surface area contributed by atoms with Crippen molar-refractivity contribution in [3.05, 3.63) is 59.9 Å². The number of benzene rings is 2. The molecule has 27 heavy (non-hydrogen) atoms. The van der Waals surface area contributed by atoms with Crippen molar-refractivity contribution in [3.63, 3.8) is 0 Å². The minimum Gasteiger partial charge on any atom is -0.337 e. The predicted octanol–water partition coefficient (Wildman–Crippen LogP) is 3.76. The summed E-state index contributed by atoms with van der Waals surface area (Å²) in [6.45, 7) is 0.780. The van der Waals surface area contributed by atoms with E-state index in [0.717, 1.165) is 48.9 Å². The van der Waals surface area contributed by atoms with Gasteiger partial charge in [-0.05, 0) is 66.8 Å². The van der Waals surface area contributed by atoms with Gasteiger partial charge in [0.25, 0.3) is 0 Å². The number of rotatable bonds is 4. The number of halogens is 1. The molecular weight excluding hydrogens is 339 g/mol. The number of hydrogen-bond acceptors (Lipinski definition) is 2. The van der Waals surface area contributed by atoms with Gasteiger partial charge in [0.05, 0.1) is 11.5 Å². The maximum atomic E-state index is 13.6. The van der Waals surface area contributed by atoms with Crippen molar-refractivity contribution in [2.75, 3.05) is 6.54 Å². The molecule has 0 radical (unpaired) electrons. The van der Waals surface area contributed by atoms with Gasteiger partial charge < -0.3 is 10.6 Å². The van der Waals surface area contributed by atoms with Crippen LogP contribution >= 0.6 is 0 Å². The summed E-state index contributed by atoms with van der Waals surface area (Å²) >= 11 is 0. The summed E-state index contributed by atoms with van der Waals surface area (Å²) < 4.78 is 13.6. The summed E-state index contributed by atoms with van der Waals surface area (Å²) in [4.78, 5) is 15.2. The Morgan fingerprint density at radius 3 is 2.59 bits per heavy atom. The Hall–Kier alpha value is -2.20. The van der Waals surface area contributed by atoms with Crippen LogP contribution in [0.3, 0.4) is 0 Å². The summed E-state index contributed by atoms with van der Waals surface area (Å²) in [5.74, 6) is 0.753. The highest BCUT2D eigenvalue weighted by Crippen LogP contribution is 2.68. The average molecular weight is 364 g/mol. The minimum absolute atomic E-state index is 0.0221. The molecule has 4 unspecified atom stereocenters. The van der Waals surface area contributed by atoms with Crippen molar-refractivity contribution in [1.29, 1.82) is 0 Å². The van der Waals surface area contributed by atoms with Gasteiger partial charge in [0, 0.05) is 12.6 Å². The zero-order chi connectivity index (χ0) is 18.6. The van der Waals surface area contributed by atoms with E-state index in [2.05, 4.69) is 17.0 Å². The molecule has 1 aliphatic heterocycles. The minimum atomic E-state index is -0.230. The first-order valence-corrected chi connectivity index (χ1v) is 9.98. The number of nitrogens with two attached hydrogens (primary N) is 1. The number of nitrogens with zero attached hydrogens (tertiary/aromatic N) is 1. The molecule has 2 aliphatic carbocycles. The lowest BCUT2D eigenvalue weighted by atomic mass is 9.83. The molecule has 3 aliphatic rings. The first-order chi connectivity index (χ1) is 13.1. The summed E-state index contributed by atoms with van der Waals surface area (Å²) in [6, 6.07) is 14.9. The van der Waals surface area contributed by atoms with Crippen molar-refractivity contribution >= 4 is 5.91 Å². The second kappa shape index (κ2) is 6.16. The molecule has 140 valence electrons. The lowest BCUT2D eigenvalue weighted by Gasteiger charge is -2.34. The van der Waals surface area contributed by atoms with Crippen LogP contribution in [0.15, 0.2) is 48.5 Å². The fraction of sp³-hybridized carbons (Fsp3) is 0.435. The first-order valence-electron chi connectivity index (χ1n) is 9.98. The number of carbonyl (C=O) groups excluding carboxylic acids is 1. The number of carbonyl (C=O) groups is 1.